The van der Waals surface area contributed by atoms with Gasteiger partial charge in [0.05, 0.1) is 19.8 Å². The fourth-order valence-corrected chi connectivity index (χ4v) is 8.71. The summed E-state index contributed by atoms with van der Waals surface area (Å²) in [5.41, 5.74) is 0. The van der Waals surface area contributed by atoms with Gasteiger partial charge < -0.3 is 24.2 Å². The predicted octanol–water partition coefficient (Wildman–Crippen LogP) is 17.1. The van der Waals surface area contributed by atoms with Crippen LogP contribution in [0.15, 0.2) is 60.8 Å². The lowest BCUT2D eigenvalue weighted by Crippen LogP contribution is -2.30. The molecule has 72 heavy (non-hydrogen) atoms. The predicted molar refractivity (Wildman–Crippen MR) is 298 cm³/mol. The van der Waals surface area contributed by atoms with Crippen molar-refractivity contribution in [2.45, 2.75) is 277 Å². The number of rotatable bonds is 54. The first-order valence-electron chi connectivity index (χ1n) is 29.2. The highest BCUT2D eigenvalue weighted by Crippen LogP contribution is 2.43. The molecule has 3 atom stereocenters. The van der Waals surface area contributed by atoms with Gasteiger partial charge in [-0.15, -0.1) is 0 Å². The van der Waals surface area contributed by atoms with Crippen LogP contribution in [0.2, 0.25) is 0 Å². The van der Waals surface area contributed by atoms with E-state index < -0.39 is 57.8 Å². The summed E-state index contributed by atoms with van der Waals surface area (Å²) in [7, 11) is -4.75. The second-order valence-electron chi connectivity index (χ2n) is 19.5. The van der Waals surface area contributed by atoms with Crippen molar-refractivity contribution in [1.29, 1.82) is 0 Å². The van der Waals surface area contributed by atoms with Gasteiger partial charge in [0, 0.05) is 19.3 Å². The highest BCUT2D eigenvalue weighted by molar-refractivity contribution is 7.47. The van der Waals surface area contributed by atoms with Crippen LogP contribution in [0, 0.1) is 0 Å². The van der Waals surface area contributed by atoms with Gasteiger partial charge in [0.1, 0.15) is 12.7 Å². The summed E-state index contributed by atoms with van der Waals surface area (Å²) >= 11 is 0. The van der Waals surface area contributed by atoms with Crippen molar-refractivity contribution in [3.05, 3.63) is 60.8 Å². The average Bonchev–Trinajstić information content (AvgIpc) is 3.37. The van der Waals surface area contributed by atoms with Crippen molar-refractivity contribution in [2.75, 3.05) is 26.4 Å². The average molecular weight is 1040 g/mol. The first kappa shape index (κ1) is 69.2. The zero-order valence-electron chi connectivity index (χ0n) is 46.1. The number of hydrogen-bond acceptors (Lipinski definition) is 10. The molecule has 0 aromatic rings. The Balaban J connectivity index is 4.74. The third-order valence-electron chi connectivity index (χ3n) is 12.4. The summed E-state index contributed by atoms with van der Waals surface area (Å²) in [4.78, 5) is 48.5. The second kappa shape index (κ2) is 54.4. The molecule has 0 saturated carbocycles. The van der Waals surface area contributed by atoms with E-state index in [4.69, 9.17) is 23.3 Å². The van der Waals surface area contributed by atoms with E-state index in [0.29, 0.717) is 19.3 Å². The highest BCUT2D eigenvalue weighted by Gasteiger charge is 2.28. The van der Waals surface area contributed by atoms with E-state index in [1.165, 1.54) is 89.9 Å². The van der Waals surface area contributed by atoms with Crippen LogP contribution in [0.1, 0.15) is 265 Å². The van der Waals surface area contributed by atoms with Crippen molar-refractivity contribution in [3.63, 3.8) is 0 Å². The highest BCUT2D eigenvalue weighted by atomic mass is 31.2. The molecule has 0 aliphatic rings. The zero-order chi connectivity index (χ0) is 52.7. The minimum absolute atomic E-state index is 0.153. The van der Waals surface area contributed by atoms with Crippen molar-refractivity contribution in [3.8, 4) is 0 Å². The van der Waals surface area contributed by atoms with Crippen molar-refractivity contribution >= 4 is 25.7 Å². The number of hydrogen-bond donors (Lipinski definition) is 2. The van der Waals surface area contributed by atoms with Crippen LogP contribution in [0.3, 0.4) is 0 Å². The molecule has 0 fully saturated rings. The number of carbonyl (C=O) groups excluding carboxylic acids is 3. The van der Waals surface area contributed by atoms with E-state index in [1.807, 2.05) is 0 Å². The summed E-state index contributed by atoms with van der Waals surface area (Å²) in [6.45, 7) is 4.54. The molecule has 0 radical (unpaired) electrons. The lowest BCUT2D eigenvalue weighted by molar-refractivity contribution is -0.161. The smallest absolute Gasteiger partial charge is 0.462 e. The molecule has 0 rings (SSSR count). The Morgan fingerprint density at radius 1 is 0.389 bits per heavy atom. The first-order valence-corrected chi connectivity index (χ1v) is 30.7. The molecule has 0 amide bonds. The number of esters is 3. The Bertz CT molecular complexity index is 1440. The Morgan fingerprint density at radius 3 is 1.12 bits per heavy atom. The van der Waals surface area contributed by atoms with Crippen LogP contribution in [0.25, 0.3) is 0 Å². The Kier molecular flexibility index (Phi) is 52.3. The molecule has 0 aliphatic heterocycles. The van der Waals surface area contributed by atoms with Gasteiger partial charge in [0.15, 0.2) is 6.10 Å². The Hall–Kier alpha value is -2.82. The monoisotopic (exact) mass is 1030 g/mol. The maximum Gasteiger partial charge on any atom is 0.472 e. The SMILES string of the molecule is CCC/C=C\C/C=C\CCCCCCCC(=O)OC(CO)COP(=O)(O)OCC(COC(=O)CCCCCCCCCCCCCCC)OC(=O)CCCCCCCC/C=C\C/C=C\C/C=C\CCCCC. The van der Waals surface area contributed by atoms with Crippen LogP contribution in [0.5, 0.6) is 0 Å². The zero-order valence-corrected chi connectivity index (χ0v) is 47.0. The fourth-order valence-electron chi connectivity index (χ4n) is 7.93. The van der Waals surface area contributed by atoms with Crippen molar-refractivity contribution < 1.29 is 52.2 Å². The normalized spacial score (nSPS) is 13.8. The third-order valence-corrected chi connectivity index (χ3v) is 13.3. The van der Waals surface area contributed by atoms with E-state index in [-0.39, 0.29) is 25.9 Å². The largest absolute Gasteiger partial charge is 0.472 e. The number of unbranched alkanes of at least 4 members (excludes halogenated alkanes) is 27. The number of aliphatic hydroxyl groups is 1. The molecule has 0 aromatic heterocycles. The molecule has 3 unspecified atom stereocenters. The Labute approximate surface area is 440 Å². The number of allylic oxidation sites excluding steroid dienone is 10. The van der Waals surface area contributed by atoms with Crippen LogP contribution >= 0.6 is 7.82 Å². The summed E-state index contributed by atoms with van der Waals surface area (Å²) in [5.74, 6) is -1.48. The summed E-state index contributed by atoms with van der Waals surface area (Å²) < 4.78 is 39.5. The molecular formula is C60H107O11P. The fraction of sp³-hybridized carbons (Fsp3) is 0.783. The molecule has 0 aliphatic carbocycles. The molecule has 2 N–H and O–H groups in total. The summed E-state index contributed by atoms with van der Waals surface area (Å²) in [5, 5.41) is 9.80. The van der Waals surface area contributed by atoms with Crippen LogP contribution in [-0.4, -0.2) is 66.5 Å². The molecule has 0 aromatic carbocycles. The van der Waals surface area contributed by atoms with Gasteiger partial charge in [0.2, 0.25) is 0 Å². The van der Waals surface area contributed by atoms with E-state index >= 15 is 0 Å². The van der Waals surface area contributed by atoms with Crippen LogP contribution < -0.4 is 0 Å². The molecule has 418 valence electrons. The van der Waals surface area contributed by atoms with Gasteiger partial charge in [-0.25, -0.2) is 4.57 Å². The maximum absolute atomic E-state index is 12.9. The molecule has 0 heterocycles. The van der Waals surface area contributed by atoms with E-state index in [0.717, 1.165) is 116 Å². The number of phosphoric ester groups is 1. The molecule has 12 heteroatoms. The number of ether oxygens (including phenoxy) is 3. The van der Waals surface area contributed by atoms with Gasteiger partial charge in [-0.05, 0) is 83.5 Å². The summed E-state index contributed by atoms with van der Waals surface area (Å²) in [6, 6.07) is 0. The number of carbonyl (C=O) groups is 3. The van der Waals surface area contributed by atoms with Gasteiger partial charge in [-0.2, -0.15) is 0 Å². The molecule has 0 bridgehead atoms. The molecular weight excluding hydrogens is 928 g/mol. The number of aliphatic hydroxyl groups excluding tert-OH is 1. The molecule has 11 nitrogen and oxygen atoms in total. The van der Waals surface area contributed by atoms with Crippen LogP contribution in [0.4, 0.5) is 0 Å². The number of phosphoric acid groups is 1. The van der Waals surface area contributed by atoms with E-state index in [1.54, 1.807) is 0 Å². The lowest BCUT2D eigenvalue weighted by atomic mass is 10.0. The quantitative estimate of drug-likeness (QED) is 0.0197. The van der Waals surface area contributed by atoms with Gasteiger partial charge in [0.25, 0.3) is 0 Å². The minimum Gasteiger partial charge on any atom is -0.462 e. The molecule has 0 spiro atoms. The Morgan fingerprint density at radius 2 is 0.708 bits per heavy atom. The topological polar surface area (TPSA) is 155 Å². The molecule has 0 saturated heterocycles. The van der Waals surface area contributed by atoms with Gasteiger partial charge in [-0.1, -0.05) is 223 Å². The van der Waals surface area contributed by atoms with Crippen molar-refractivity contribution in [2.24, 2.45) is 0 Å². The lowest BCUT2D eigenvalue weighted by Gasteiger charge is -2.21. The van der Waals surface area contributed by atoms with E-state index in [9.17, 15) is 28.9 Å². The third kappa shape index (κ3) is 52.1. The van der Waals surface area contributed by atoms with Gasteiger partial charge >= 0.3 is 25.7 Å². The van der Waals surface area contributed by atoms with E-state index in [2.05, 4.69) is 81.5 Å². The van der Waals surface area contributed by atoms with Gasteiger partial charge in [-0.3, -0.25) is 23.4 Å². The second-order valence-corrected chi connectivity index (χ2v) is 20.9. The minimum atomic E-state index is -4.75. The standard InChI is InChI=1S/C60H107O11P/c1-4-7-10-13-16-19-22-25-26-27-28-29-30-33-36-39-42-45-48-51-60(64)71-57(53-67-58(62)49-46-43-40-37-34-31-23-20-17-14-11-8-5-2)55-69-72(65,66)68-54-56(52-61)70-59(63)50-47-44-41-38-35-32-24-21-18-15-12-9-6-3/h12,15-16,19,21,24-26,28-29,56-57,61H,4-11,13-14,17-18,20,22-23,27,30-55H2,1-3H3,(H,65,66)/b15-12-,19-16-,24-21-,26-25-,29-28-. The maximum atomic E-state index is 12.9. The van der Waals surface area contributed by atoms with Crippen molar-refractivity contribution in [1.82, 2.24) is 0 Å². The first-order chi connectivity index (χ1) is 35.2. The summed E-state index contributed by atoms with van der Waals surface area (Å²) in [6.07, 6.45) is 58.9. The van der Waals surface area contributed by atoms with Crippen LogP contribution in [-0.2, 0) is 42.2 Å².